The molecule has 0 saturated heterocycles. The number of hydrogen-bond acceptors (Lipinski definition) is 3. The molecule has 0 spiro atoms. The number of rotatable bonds is 2. The number of aromatic nitrogens is 2. The summed E-state index contributed by atoms with van der Waals surface area (Å²) in [5.74, 6) is 1.89. The lowest BCUT2D eigenvalue weighted by Crippen LogP contribution is -1.90. The van der Waals surface area contributed by atoms with Crippen LogP contribution in [0.5, 0.6) is 0 Å². The average molecular weight is 202 g/mol. The number of pyridine rings is 1. The molecule has 2 aromatic rings. The molecule has 0 N–H and O–H groups in total. The van der Waals surface area contributed by atoms with Crippen LogP contribution in [0.1, 0.15) is 31.1 Å². The Morgan fingerprint density at radius 2 is 2.07 bits per heavy atom. The van der Waals surface area contributed by atoms with Gasteiger partial charge in [0.25, 0.3) is 0 Å². The summed E-state index contributed by atoms with van der Waals surface area (Å²) in [6.45, 7) is 6.18. The number of aryl methyl sites for hydroxylation is 1. The molecule has 2 rings (SSSR count). The van der Waals surface area contributed by atoms with Crippen LogP contribution in [0.3, 0.4) is 0 Å². The maximum atomic E-state index is 5.43. The summed E-state index contributed by atoms with van der Waals surface area (Å²) < 4.78 is 5.43. The second-order valence-corrected chi connectivity index (χ2v) is 3.91. The highest BCUT2D eigenvalue weighted by molar-refractivity contribution is 5.48. The quantitative estimate of drug-likeness (QED) is 0.750. The summed E-state index contributed by atoms with van der Waals surface area (Å²) in [5, 5.41) is 0. The van der Waals surface area contributed by atoms with E-state index >= 15 is 0 Å². The van der Waals surface area contributed by atoms with Gasteiger partial charge in [0.1, 0.15) is 11.5 Å². The molecule has 0 atom stereocenters. The molecule has 0 aliphatic heterocycles. The monoisotopic (exact) mass is 202 g/mol. The molecule has 2 heterocycles. The summed E-state index contributed by atoms with van der Waals surface area (Å²) in [6, 6.07) is 4.04. The van der Waals surface area contributed by atoms with Crippen molar-refractivity contribution in [2.75, 3.05) is 0 Å². The summed E-state index contributed by atoms with van der Waals surface area (Å²) in [6.07, 6.45) is 3.50. The van der Waals surface area contributed by atoms with Gasteiger partial charge in [-0.15, -0.1) is 0 Å². The fraction of sp³-hybridized carbons (Fsp3) is 0.333. The summed E-state index contributed by atoms with van der Waals surface area (Å²) in [5.41, 5.74) is 2.05. The Morgan fingerprint density at radius 3 is 2.67 bits per heavy atom. The van der Waals surface area contributed by atoms with Crippen molar-refractivity contribution in [3.63, 3.8) is 0 Å². The average Bonchev–Trinajstić information content (AvgIpc) is 2.65. The zero-order chi connectivity index (χ0) is 10.8. The van der Waals surface area contributed by atoms with Crippen LogP contribution < -0.4 is 0 Å². The Hall–Kier alpha value is -1.64. The molecule has 0 radical (unpaired) electrons. The third kappa shape index (κ3) is 2.06. The first-order valence-electron chi connectivity index (χ1n) is 5.05. The number of nitrogens with zero attached hydrogens (tertiary/aromatic N) is 2. The van der Waals surface area contributed by atoms with E-state index < -0.39 is 0 Å². The van der Waals surface area contributed by atoms with Gasteiger partial charge in [-0.05, 0) is 30.5 Å². The van der Waals surface area contributed by atoms with Gasteiger partial charge in [0.05, 0.1) is 6.20 Å². The lowest BCUT2D eigenvalue weighted by molar-refractivity contribution is 0.540. The third-order valence-corrected chi connectivity index (χ3v) is 2.29. The Balaban J connectivity index is 2.41. The van der Waals surface area contributed by atoms with E-state index in [0.717, 1.165) is 11.5 Å². The third-order valence-electron chi connectivity index (χ3n) is 2.29. The van der Waals surface area contributed by atoms with E-state index in [9.17, 15) is 0 Å². The molecule has 0 aliphatic rings. The van der Waals surface area contributed by atoms with Crippen LogP contribution in [-0.4, -0.2) is 9.97 Å². The summed E-state index contributed by atoms with van der Waals surface area (Å²) >= 11 is 0. The van der Waals surface area contributed by atoms with E-state index in [0.29, 0.717) is 11.8 Å². The molecule has 3 nitrogen and oxygen atoms in total. The highest BCUT2D eigenvalue weighted by atomic mass is 16.4. The first-order chi connectivity index (χ1) is 7.16. The molecule has 0 aliphatic carbocycles. The molecule has 0 aromatic carbocycles. The molecule has 0 unspecified atom stereocenters. The first kappa shape index (κ1) is 9.90. The normalized spacial score (nSPS) is 10.9. The van der Waals surface area contributed by atoms with Crippen molar-refractivity contribution in [1.29, 1.82) is 0 Å². The smallest absolute Gasteiger partial charge is 0.245 e. The molecule has 0 saturated carbocycles. The minimum absolute atomic E-state index is 0.489. The van der Waals surface area contributed by atoms with E-state index in [4.69, 9.17) is 4.42 Å². The molecule has 78 valence electrons. The van der Waals surface area contributed by atoms with Crippen LogP contribution >= 0.6 is 0 Å². The lowest BCUT2D eigenvalue weighted by Gasteiger charge is -2.04. The molecule has 0 amide bonds. The molecule has 3 heteroatoms. The minimum atomic E-state index is 0.489. The maximum Gasteiger partial charge on any atom is 0.245 e. The highest BCUT2D eigenvalue weighted by Gasteiger charge is 2.07. The van der Waals surface area contributed by atoms with Crippen LogP contribution in [0, 0.1) is 6.92 Å². The van der Waals surface area contributed by atoms with E-state index in [1.165, 1.54) is 5.56 Å². The van der Waals surface area contributed by atoms with Crippen molar-refractivity contribution in [2.24, 2.45) is 0 Å². The van der Waals surface area contributed by atoms with Gasteiger partial charge in [-0.1, -0.05) is 13.8 Å². The van der Waals surface area contributed by atoms with Crippen molar-refractivity contribution in [1.82, 2.24) is 9.97 Å². The van der Waals surface area contributed by atoms with Crippen LogP contribution in [0.2, 0.25) is 0 Å². The molecule has 2 aromatic heterocycles. The first-order valence-corrected chi connectivity index (χ1v) is 5.05. The lowest BCUT2D eigenvalue weighted by atomic mass is 10.0. The van der Waals surface area contributed by atoms with Gasteiger partial charge in [0, 0.05) is 6.20 Å². The van der Waals surface area contributed by atoms with E-state index in [1.807, 2.05) is 19.1 Å². The second kappa shape index (κ2) is 3.85. The molecular formula is C12H14N2O. The van der Waals surface area contributed by atoms with Gasteiger partial charge >= 0.3 is 0 Å². The molecule has 0 bridgehead atoms. The Kier molecular flexibility index (Phi) is 2.54. The molecular weight excluding hydrogens is 188 g/mol. The fourth-order valence-corrected chi connectivity index (χ4v) is 1.40. The van der Waals surface area contributed by atoms with E-state index in [-0.39, 0.29) is 0 Å². The van der Waals surface area contributed by atoms with Gasteiger partial charge in [-0.3, -0.25) is 4.98 Å². The Bertz CT molecular complexity index is 460. The molecule has 0 fully saturated rings. The zero-order valence-corrected chi connectivity index (χ0v) is 9.19. The van der Waals surface area contributed by atoms with Gasteiger partial charge in [-0.2, -0.15) is 0 Å². The topological polar surface area (TPSA) is 38.9 Å². The van der Waals surface area contributed by atoms with Crippen molar-refractivity contribution in [3.8, 4) is 11.6 Å². The zero-order valence-electron chi connectivity index (χ0n) is 9.19. The highest BCUT2D eigenvalue weighted by Crippen LogP contribution is 2.21. The standard InChI is InChI=1S/C12H14N2O/c1-8(2)10-4-5-13-11(6-10)12-14-7-9(3)15-12/h4-8H,1-3H3. The predicted octanol–water partition coefficient (Wildman–Crippen LogP) is 3.17. The second-order valence-electron chi connectivity index (χ2n) is 3.91. The van der Waals surface area contributed by atoms with Crippen molar-refractivity contribution in [3.05, 3.63) is 35.9 Å². The van der Waals surface area contributed by atoms with Crippen LogP contribution in [0.4, 0.5) is 0 Å². The van der Waals surface area contributed by atoms with Crippen molar-refractivity contribution >= 4 is 0 Å². The number of hydrogen-bond donors (Lipinski definition) is 0. The van der Waals surface area contributed by atoms with Crippen molar-refractivity contribution < 1.29 is 4.42 Å². The Morgan fingerprint density at radius 1 is 1.27 bits per heavy atom. The van der Waals surface area contributed by atoms with Gasteiger partial charge in [0.15, 0.2) is 0 Å². The van der Waals surface area contributed by atoms with Crippen molar-refractivity contribution in [2.45, 2.75) is 26.7 Å². The van der Waals surface area contributed by atoms with Gasteiger partial charge in [0.2, 0.25) is 5.89 Å². The van der Waals surface area contributed by atoms with Crippen LogP contribution in [0.25, 0.3) is 11.6 Å². The molecule has 15 heavy (non-hydrogen) atoms. The number of oxazole rings is 1. The maximum absolute atomic E-state index is 5.43. The minimum Gasteiger partial charge on any atom is -0.440 e. The Labute approximate surface area is 89.2 Å². The van der Waals surface area contributed by atoms with Crippen LogP contribution in [0.15, 0.2) is 28.9 Å². The van der Waals surface area contributed by atoms with Crippen LogP contribution in [-0.2, 0) is 0 Å². The summed E-state index contributed by atoms with van der Waals surface area (Å²) in [4.78, 5) is 8.41. The van der Waals surface area contributed by atoms with E-state index in [2.05, 4.69) is 23.8 Å². The summed E-state index contributed by atoms with van der Waals surface area (Å²) in [7, 11) is 0. The van der Waals surface area contributed by atoms with Gasteiger partial charge in [-0.25, -0.2) is 4.98 Å². The predicted molar refractivity (Wildman–Crippen MR) is 58.6 cm³/mol. The SMILES string of the molecule is Cc1cnc(-c2cc(C(C)C)ccn2)o1. The fourth-order valence-electron chi connectivity index (χ4n) is 1.40. The van der Waals surface area contributed by atoms with Gasteiger partial charge < -0.3 is 4.42 Å². The van der Waals surface area contributed by atoms with E-state index in [1.54, 1.807) is 12.4 Å². The largest absolute Gasteiger partial charge is 0.440 e.